The summed E-state index contributed by atoms with van der Waals surface area (Å²) in [7, 11) is 1.60. The van der Waals surface area contributed by atoms with Gasteiger partial charge >= 0.3 is 0 Å². The maximum absolute atomic E-state index is 10.7. The van der Waals surface area contributed by atoms with Crippen LogP contribution < -0.4 is 14.8 Å². The maximum atomic E-state index is 10.7. The largest absolute Gasteiger partial charge is 0.493 e. The van der Waals surface area contributed by atoms with Crippen molar-refractivity contribution in [1.82, 2.24) is 5.32 Å². The van der Waals surface area contributed by atoms with Gasteiger partial charge in [0.25, 0.3) is 0 Å². The summed E-state index contributed by atoms with van der Waals surface area (Å²) in [4.78, 5) is 10.7. The number of hydrogen-bond donors (Lipinski definition) is 1. The van der Waals surface area contributed by atoms with Crippen molar-refractivity contribution in [2.45, 2.75) is 19.6 Å². The summed E-state index contributed by atoms with van der Waals surface area (Å²) < 4.78 is 10.8. The van der Waals surface area contributed by atoms with Gasteiger partial charge in [-0.15, -0.1) is 0 Å². The third-order valence-electron chi connectivity index (χ3n) is 2.35. The normalized spacial score (nSPS) is 19.1. The number of methoxy groups -OCH3 is 1. The Morgan fingerprint density at radius 3 is 2.80 bits per heavy atom. The Hall–Kier alpha value is -1.71. The molecular formula is C11H13NO3. The van der Waals surface area contributed by atoms with Crippen molar-refractivity contribution in [2.75, 3.05) is 7.11 Å². The molecule has 1 N–H and O–H groups in total. The molecule has 1 heterocycles. The first-order valence-electron chi connectivity index (χ1n) is 4.80. The van der Waals surface area contributed by atoms with Crippen molar-refractivity contribution in [2.24, 2.45) is 0 Å². The first-order chi connectivity index (χ1) is 7.20. The van der Waals surface area contributed by atoms with Gasteiger partial charge in [0.2, 0.25) is 5.91 Å². The topological polar surface area (TPSA) is 47.6 Å². The van der Waals surface area contributed by atoms with Gasteiger partial charge in [-0.1, -0.05) is 12.1 Å². The van der Waals surface area contributed by atoms with Crippen LogP contribution in [0.15, 0.2) is 18.2 Å². The minimum absolute atomic E-state index is 0.0209. The molecule has 1 atom stereocenters. The Kier molecular flexibility index (Phi) is 2.49. The molecule has 15 heavy (non-hydrogen) atoms. The Labute approximate surface area is 88.2 Å². The van der Waals surface area contributed by atoms with Crippen molar-refractivity contribution >= 4 is 5.91 Å². The highest BCUT2D eigenvalue weighted by Gasteiger charge is 2.28. The quantitative estimate of drug-likeness (QED) is 0.758. The second-order valence-corrected chi connectivity index (χ2v) is 3.48. The first-order valence-corrected chi connectivity index (χ1v) is 4.80. The van der Waals surface area contributed by atoms with Crippen molar-refractivity contribution in [3.05, 3.63) is 23.8 Å². The van der Waals surface area contributed by atoms with E-state index in [4.69, 9.17) is 9.47 Å². The summed E-state index contributed by atoms with van der Waals surface area (Å²) in [6.07, 6.45) is 0.199. The van der Waals surface area contributed by atoms with E-state index in [2.05, 4.69) is 5.32 Å². The van der Waals surface area contributed by atoms with Crippen LogP contribution in [0.2, 0.25) is 0 Å². The van der Waals surface area contributed by atoms with Gasteiger partial charge in [-0.05, 0) is 18.6 Å². The number of nitrogens with one attached hydrogen (secondary N) is 1. The van der Waals surface area contributed by atoms with Gasteiger partial charge in [0, 0.05) is 0 Å². The number of aryl methyl sites for hydroxylation is 1. The van der Waals surface area contributed by atoms with Crippen molar-refractivity contribution < 1.29 is 14.3 Å². The lowest BCUT2D eigenvalue weighted by atomic mass is 10.2. The lowest BCUT2D eigenvalue weighted by molar-refractivity contribution is -0.134. The fourth-order valence-corrected chi connectivity index (χ4v) is 1.48. The van der Waals surface area contributed by atoms with E-state index in [1.165, 1.54) is 0 Å². The molecule has 1 aliphatic heterocycles. The number of amides is 1. The van der Waals surface area contributed by atoms with Crippen molar-refractivity contribution in [3.8, 4) is 11.5 Å². The van der Waals surface area contributed by atoms with Crippen LogP contribution >= 0.6 is 0 Å². The molecule has 4 nitrogen and oxygen atoms in total. The zero-order chi connectivity index (χ0) is 10.8. The molecule has 0 radical (unpaired) electrons. The van der Waals surface area contributed by atoms with E-state index in [-0.39, 0.29) is 12.1 Å². The second kappa shape index (κ2) is 3.81. The van der Waals surface area contributed by atoms with Gasteiger partial charge in [0.1, 0.15) is 0 Å². The van der Waals surface area contributed by atoms with Gasteiger partial charge < -0.3 is 14.8 Å². The van der Waals surface area contributed by atoms with Gasteiger partial charge in [-0.25, -0.2) is 0 Å². The zero-order valence-electron chi connectivity index (χ0n) is 8.74. The molecule has 1 aliphatic rings. The summed E-state index contributed by atoms with van der Waals surface area (Å²) in [5, 5.41) is 2.65. The molecule has 1 aromatic rings. The molecule has 0 bridgehead atoms. The smallest absolute Gasteiger partial charge is 0.228 e. The number of ether oxygens (including phenoxy) is 2. The van der Waals surface area contributed by atoms with Crippen LogP contribution in [-0.2, 0) is 4.79 Å². The molecule has 2 rings (SSSR count). The number of β-lactam (4-membered cyclic amide) rings is 1. The highest BCUT2D eigenvalue weighted by atomic mass is 16.5. The summed E-state index contributed by atoms with van der Waals surface area (Å²) in [6.45, 7) is 1.94. The highest BCUT2D eigenvalue weighted by molar-refractivity contribution is 5.82. The minimum atomic E-state index is -0.215. The Morgan fingerprint density at radius 1 is 1.47 bits per heavy atom. The third kappa shape index (κ3) is 1.88. The molecule has 1 saturated heterocycles. The molecule has 4 heteroatoms. The molecule has 0 saturated carbocycles. The zero-order valence-corrected chi connectivity index (χ0v) is 8.74. The SMILES string of the molecule is COc1cccc(C)c1O[C@@H]1CC(=O)N1. The van der Waals surface area contributed by atoms with Gasteiger partial charge in [0.15, 0.2) is 17.7 Å². The van der Waals surface area contributed by atoms with Gasteiger partial charge in [-0.2, -0.15) is 0 Å². The van der Waals surface area contributed by atoms with Crippen LogP contribution in [0, 0.1) is 6.92 Å². The van der Waals surface area contributed by atoms with E-state index in [1.54, 1.807) is 7.11 Å². The Bertz CT molecular complexity index is 381. The highest BCUT2D eigenvalue weighted by Crippen LogP contribution is 2.31. The van der Waals surface area contributed by atoms with E-state index < -0.39 is 0 Å². The van der Waals surface area contributed by atoms with Crippen LogP contribution in [0.1, 0.15) is 12.0 Å². The minimum Gasteiger partial charge on any atom is -0.493 e. The molecule has 1 aromatic carbocycles. The van der Waals surface area contributed by atoms with Crippen LogP contribution in [0.25, 0.3) is 0 Å². The number of carbonyl (C=O) groups excluding carboxylic acids is 1. The number of rotatable bonds is 3. The van der Waals surface area contributed by atoms with Crippen LogP contribution in [0.5, 0.6) is 11.5 Å². The van der Waals surface area contributed by atoms with E-state index in [0.717, 1.165) is 5.56 Å². The molecule has 0 aromatic heterocycles. The predicted molar refractivity (Wildman–Crippen MR) is 54.9 cm³/mol. The van der Waals surface area contributed by atoms with E-state index in [1.807, 2.05) is 25.1 Å². The number of para-hydroxylation sites is 1. The first kappa shape index (κ1) is 9.83. The van der Waals surface area contributed by atoms with E-state index in [9.17, 15) is 4.79 Å². The summed E-state index contributed by atoms with van der Waals surface area (Å²) in [5.74, 6) is 1.41. The molecule has 0 aliphatic carbocycles. The molecule has 80 valence electrons. The van der Waals surface area contributed by atoms with Crippen LogP contribution in [0.4, 0.5) is 0 Å². The van der Waals surface area contributed by atoms with Gasteiger partial charge in [0.05, 0.1) is 13.5 Å². The van der Waals surface area contributed by atoms with Gasteiger partial charge in [-0.3, -0.25) is 4.79 Å². The predicted octanol–water partition coefficient (Wildman–Crippen LogP) is 1.23. The number of hydrogen-bond acceptors (Lipinski definition) is 3. The van der Waals surface area contributed by atoms with E-state index in [0.29, 0.717) is 17.9 Å². The molecule has 1 fully saturated rings. The van der Waals surface area contributed by atoms with Crippen molar-refractivity contribution in [3.63, 3.8) is 0 Å². The molecule has 0 unspecified atom stereocenters. The monoisotopic (exact) mass is 207 g/mol. The Morgan fingerprint density at radius 2 is 2.20 bits per heavy atom. The maximum Gasteiger partial charge on any atom is 0.228 e. The fourth-order valence-electron chi connectivity index (χ4n) is 1.48. The van der Waals surface area contributed by atoms with Crippen LogP contribution in [0.3, 0.4) is 0 Å². The van der Waals surface area contributed by atoms with Crippen LogP contribution in [-0.4, -0.2) is 19.2 Å². The number of carbonyl (C=O) groups is 1. The lowest BCUT2D eigenvalue weighted by Crippen LogP contribution is -2.51. The molecule has 0 spiro atoms. The fraction of sp³-hybridized carbons (Fsp3) is 0.364. The third-order valence-corrected chi connectivity index (χ3v) is 2.35. The second-order valence-electron chi connectivity index (χ2n) is 3.48. The molecular weight excluding hydrogens is 194 g/mol. The van der Waals surface area contributed by atoms with Crippen molar-refractivity contribution in [1.29, 1.82) is 0 Å². The standard InChI is InChI=1S/C11H13NO3/c1-7-4-3-5-8(14-2)11(7)15-10-6-9(13)12-10/h3-5,10H,6H2,1-2H3,(H,12,13)/t10-/m1/s1. The van der Waals surface area contributed by atoms with E-state index >= 15 is 0 Å². The Balaban J connectivity index is 2.15. The average molecular weight is 207 g/mol. The summed E-state index contributed by atoms with van der Waals surface area (Å²) in [6, 6.07) is 5.68. The lowest BCUT2D eigenvalue weighted by Gasteiger charge is -2.28. The summed E-state index contributed by atoms with van der Waals surface area (Å²) in [5.41, 5.74) is 0.996. The molecule has 1 amide bonds. The number of benzene rings is 1. The average Bonchev–Trinajstić information content (AvgIpc) is 2.18. The summed E-state index contributed by atoms with van der Waals surface area (Å²) >= 11 is 0.